The minimum atomic E-state index is -0.0383. The standard InChI is InChI=1S/C17H22N6O/c1-21-11-18-15(8-17(21)24)22(2)13-9-23(10-13)16-7-12-5-3-4-6-14(12)19-20-16/h7-8,11,13H,3-6,9-10H2,1-2H3. The molecule has 2 aliphatic rings. The molecule has 0 N–H and O–H groups in total. The van der Waals surface area contributed by atoms with Gasteiger partial charge in [0.25, 0.3) is 5.56 Å². The van der Waals surface area contributed by atoms with Crippen molar-refractivity contribution >= 4 is 11.6 Å². The molecule has 2 aromatic heterocycles. The molecule has 0 radical (unpaired) electrons. The molecule has 0 spiro atoms. The zero-order valence-corrected chi connectivity index (χ0v) is 14.1. The third-order valence-corrected chi connectivity index (χ3v) is 5.12. The van der Waals surface area contributed by atoms with Crippen molar-refractivity contribution in [1.82, 2.24) is 19.7 Å². The Morgan fingerprint density at radius 1 is 1.17 bits per heavy atom. The molecule has 7 nitrogen and oxygen atoms in total. The molecule has 2 aromatic rings. The molecule has 7 heteroatoms. The summed E-state index contributed by atoms with van der Waals surface area (Å²) in [5, 5.41) is 8.80. The van der Waals surface area contributed by atoms with Gasteiger partial charge in [-0.25, -0.2) is 4.98 Å². The minimum Gasteiger partial charge on any atom is -0.353 e. The maximum absolute atomic E-state index is 11.8. The number of nitrogens with zero attached hydrogens (tertiary/aromatic N) is 6. The normalized spacial score (nSPS) is 17.3. The zero-order valence-electron chi connectivity index (χ0n) is 14.1. The number of hydrogen-bond acceptors (Lipinski definition) is 6. The molecule has 0 amide bonds. The van der Waals surface area contributed by atoms with Crippen LogP contribution < -0.4 is 15.4 Å². The molecule has 1 saturated heterocycles. The molecule has 1 aliphatic carbocycles. The van der Waals surface area contributed by atoms with Crippen molar-refractivity contribution in [2.24, 2.45) is 7.05 Å². The Morgan fingerprint density at radius 3 is 2.75 bits per heavy atom. The lowest BCUT2D eigenvalue weighted by atomic mass is 9.96. The molecule has 0 atom stereocenters. The van der Waals surface area contributed by atoms with Crippen molar-refractivity contribution in [3.8, 4) is 0 Å². The van der Waals surface area contributed by atoms with Crippen LogP contribution in [0, 0.1) is 0 Å². The average Bonchev–Trinajstić information content (AvgIpc) is 2.56. The Morgan fingerprint density at radius 2 is 1.96 bits per heavy atom. The Labute approximate surface area is 140 Å². The maximum Gasteiger partial charge on any atom is 0.255 e. The summed E-state index contributed by atoms with van der Waals surface area (Å²) in [4.78, 5) is 20.4. The van der Waals surface area contributed by atoms with E-state index in [-0.39, 0.29) is 5.56 Å². The number of aromatic nitrogens is 4. The fraction of sp³-hybridized carbons (Fsp3) is 0.529. The van der Waals surface area contributed by atoms with E-state index in [0.717, 1.165) is 37.6 Å². The predicted octanol–water partition coefficient (Wildman–Crippen LogP) is 0.774. The minimum absolute atomic E-state index is 0.0383. The number of hydrogen-bond donors (Lipinski definition) is 0. The third kappa shape index (κ3) is 2.64. The van der Waals surface area contributed by atoms with Gasteiger partial charge in [0.15, 0.2) is 5.82 Å². The SMILES string of the molecule is CN(c1cc(=O)n(C)cn1)C1CN(c2cc3c(nn2)CCCC3)C1. The molecule has 4 rings (SSSR count). The van der Waals surface area contributed by atoms with E-state index in [2.05, 4.69) is 31.0 Å². The van der Waals surface area contributed by atoms with Crippen LogP contribution in [0.3, 0.4) is 0 Å². The summed E-state index contributed by atoms with van der Waals surface area (Å²) in [6.45, 7) is 1.75. The van der Waals surface area contributed by atoms with Gasteiger partial charge in [-0.1, -0.05) is 0 Å². The number of rotatable bonds is 3. The van der Waals surface area contributed by atoms with Gasteiger partial charge in [0.2, 0.25) is 0 Å². The summed E-state index contributed by atoms with van der Waals surface area (Å²) in [6, 6.07) is 4.12. The molecule has 1 fully saturated rings. The Balaban J connectivity index is 1.44. The summed E-state index contributed by atoms with van der Waals surface area (Å²) in [7, 11) is 3.70. The monoisotopic (exact) mass is 326 g/mol. The topological polar surface area (TPSA) is 67.2 Å². The highest BCUT2D eigenvalue weighted by atomic mass is 16.1. The van der Waals surface area contributed by atoms with Crippen LogP contribution >= 0.6 is 0 Å². The Bertz CT molecular complexity index is 811. The highest BCUT2D eigenvalue weighted by molar-refractivity contribution is 5.49. The van der Waals surface area contributed by atoms with Crippen LogP contribution in [-0.4, -0.2) is 45.9 Å². The van der Waals surface area contributed by atoms with Crippen LogP contribution in [0.2, 0.25) is 0 Å². The van der Waals surface area contributed by atoms with Crippen molar-refractivity contribution < 1.29 is 0 Å². The number of likely N-dealkylation sites (N-methyl/N-ethyl adjacent to an activating group) is 1. The van der Waals surface area contributed by atoms with Gasteiger partial charge in [-0.15, -0.1) is 5.10 Å². The largest absolute Gasteiger partial charge is 0.353 e. The first-order chi connectivity index (χ1) is 11.6. The van der Waals surface area contributed by atoms with Gasteiger partial charge in [0.05, 0.1) is 18.1 Å². The molecule has 0 aromatic carbocycles. The van der Waals surface area contributed by atoms with Gasteiger partial charge in [0, 0.05) is 33.3 Å². The summed E-state index contributed by atoms with van der Waals surface area (Å²) < 4.78 is 1.48. The van der Waals surface area contributed by atoms with Gasteiger partial charge in [-0.05, 0) is 37.3 Å². The van der Waals surface area contributed by atoms with Crippen LogP contribution in [0.5, 0.6) is 0 Å². The van der Waals surface area contributed by atoms with E-state index < -0.39 is 0 Å². The maximum atomic E-state index is 11.8. The van der Waals surface area contributed by atoms with E-state index in [1.165, 1.54) is 28.7 Å². The van der Waals surface area contributed by atoms with E-state index in [0.29, 0.717) is 6.04 Å². The van der Waals surface area contributed by atoms with Gasteiger partial charge < -0.3 is 14.4 Å². The van der Waals surface area contributed by atoms with E-state index in [1.807, 2.05) is 7.05 Å². The number of anilines is 2. The Kier molecular flexibility index (Phi) is 3.70. The first kappa shape index (κ1) is 15.1. The van der Waals surface area contributed by atoms with Crippen molar-refractivity contribution in [3.05, 3.63) is 40.1 Å². The Hall–Kier alpha value is -2.44. The average molecular weight is 326 g/mol. The molecule has 1 aliphatic heterocycles. The van der Waals surface area contributed by atoms with E-state index in [4.69, 9.17) is 0 Å². The summed E-state index contributed by atoms with van der Waals surface area (Å²) in [6.07, 6.45) is 6.22. The number of aryl methyl sites for hydroxylation is 3. The van der Waals surface area contributed by atoms with Crippen LogP contribution in [0.4, 0.5) is 11.6 Å². The second-order valence-electron chi connectivity index (χ2n) is 6.75. The summed E-state index contributed by atoms with van der Waals surface area (Å²) in [5.74, 6) is 1.69. The van der Waals surface area contributed by atoms with Crippen molar-refractivity contribution in [3.63, 3.8) is 0 Å². The number of fused-ring (bicyclic) bond motifs is 1. The highest BCUT2D eigenvalue weighted by Crippen LogP contribution is 2.26. The van der Waals surface area contributed by atoms with Gasteiger partial charge in [-0.3, -0.25) is 4.79 Å². The second kappa shape index (κ2) is 5.89. The van der Waals surface area contributed by atoms with Crippen LogP contribution in [0.25, 0.3) is 0 Å². The van der Waals surface area contributed by atoms with Crippen molar-refractivity contribution in [1.29, 1.82) is 0 Å². The lowest BCUT2D eigenvalue weighted by molar-refractivity contribution is 0.485. The molecular formula is C17H22N6O. The van der Waals surface area contributed by atoms with E-state index in [1.54, 1.807) is 19.4 Å². The van der Waals surface area contributed by atoms with Gasteiger partial charge >= 0.3 is 0 Å². The lowest BCUT2D eigenvalue weighted by Gasteiger charge is -2.45. The molecule has 24 heavy (non-hydrogen) atoms. The third-order valence-electron chi connectivity index (χ3n) is 5.12. The van der Waals surface area contributed by atoms with Crippen LogP contribution in [0.1, 0.15) is 24.1 Å². The first-order valence-electron chi connectivity index (χ1n) is 8.48. The first-order valence-corrected chi connectivity index (χ1v) is 8.48. The molecule has 126 valence electrons. The zero-order chi connectivity index (χ0) is 16.7. The molecular weight excluding hydrogens is 304 g/mol. The van der Waals surface area contributed by atoms with Crippen LogP contribution in [0.15, 0.2) is 23.3 Å². The van der Waals surface area contributed by atoms with Crippen molar-refractivity contribution in [2.75, 3.05) is 29.9 Å². The van der Waals surface area contributed by atoms with Crippen molar-refractivity contribution in [2.45, 2.75) is 31.7 Å². The second-order valence-corrected chi connectivity index (χ2v) is 6.75. The molecule has 3 heterocycles. The van der Waals surface area contributed by atoms with E-state index >= 15 is 0 Å². The summed E-state index contributed by atoms with van der Waals surface area (Å²) in [5.41, 5.74) is 2.49. The lowest BCUT2D eigenvalue weighted by Crippen LogP contribution is -2.59. The van der Waals surface area contributed by atoms with E-state index in [9.17, 15) is 4.79 Å². The highest BCUT2D eigenvalue weighted by Gasteiger charge is 2.32. The fourth-order valence-corrected chi connectivity index (χ4v) is 3.35. The summed E-state index contributed by atoms with van der Waals surface area (Å²) >= 11 is 0. The molecule has 0 bridgehead atoms. The predicted molar refractivity (Wildman–Crippen MR) is 92.6 cm³/mol. The quantitative estimate of drug-likeness (QED) is 0.830. The molecule has 0 saturated carbocycles. The molecule has 0 unspecified atom stereocenters. The van der Waals surface area contributed by atoms with Gasteiger partial charge in [0.1, 0.15) is 5.82 Å². The smallest absolute Gasteiger partial charge is 0.255 e. The van der Waals surface area contributed by atoms with Crippen LogP contribution in [-0.2, 0) is 19.9 Å². The van der Waals surface area contributed by atoms with Gasteiger partial charge in [-0.2, -0.15) is 5.10 Å². The fourth-order valence-electron chi connectivity index (χ4n) is 3.35.